The quantitative estimate of drug-likeness (QED) is 0.656. The van der Waals surface area contributed by atoms with Crippen molar-refractivity contribution in [2.24, 2.45) is 7.05 Å². The Hall–Kier alpha value is -1.80. The second-order valence-corrected chi connectivity index (χ2v) is 5.81. The second-order valence-electron chi connectivity index (χ2n) is 4.07. The van der Waals surface area contributed by atoms with E-state index in [1.807, 2.05) is 0 Å². The van der Waals surface area contributed by atoms with E-state index in [-0.39, 0.29) is 11.2 Å². The number of anilines is 2. The molecule has 2 aromatic rings. The Balaban J connectivity index is 2.02. The summed E-state index contributed by atoms with van der Waals surface area (Å²) in [4.78, 5) is 12.1. The zero-order valence-corrected chi connectivity index (χ0v) is 12.4. The van der Waals surface area contributed by atoms with Gasteiger partial charge in [0.1, 0.15) is 0 Å². The van der Waals surface area contributed by atoms with Crippen LogP contribution in [-0.4, -0.2) is 31.4 Å². The van der Waals surface area contributed by atoms with Gasteiger partial charge >= 0.3 is 0 Å². The number of tetrazole rings is 1. The standard InChI is InChI=1S/C11H13ClN6OS/c1-6(20-11-15-16-17-18(11)2)10(19)14-9-4-3-7(12)5-8(9)13/h3-6H,13H2,1-2H3,(H,14,19). The Morgan fingerprint density at radius 2 is 2.30 bits per heavy atom. The van der Waals surface area contributed by atoms with Gasteiger partial charge in [-0.2, -0.15) is 0 Å². The van der Waals surface area contributed by atoms with E-state index in [1.165, 1.54) is 16.4 Å². The molecule has 0 aliphatic rings. The number of nitrogens with zero attached hydrogens (tertiary/aromatic N) is 4. The molecule has 1 heterocycles. The van der Waals surface area contributed by atoms with Gasteiger partial charge in [-0.3, -0.25) is 4.79 Å². The molecule has 1 aromatic heterocycles. The maximum Gasteiger partial charge on any atom is 0.237 e. The average Bonchev–Trinajstić information content (AvgIpc) is 2.78. The maximum absolute atomic E-state index is 12.1. The summed E-state index contributed by atoms with van der Waals surface area (Å²) >= 11 is 7.07. The fourth-order valence-electron chi connectivity index (χ4n) is 1.41. The first-order valence-electron chi connectivity index (χ1n) is 5.72. The van der Waals surface area contributed by atoms with Gasteiger partial charge in [0.05, 0.1) is 16.6 Å². The number of amides is 1. The summed E-state index contributed by atoms with van der Waals surface area (Å²) in [5.41, 5.74) is 6.74. The molecule has 7 nitrogen and oxygen atoms in total. The van der Waals surface area contributed by atoms with E-state index in [2.05, 4.69) is 20.8 Å². The number of aromatic nitrogens is 4. The highest BCUT2D eigenvalue weighted by Gasteiger charge is 2.18. The first-order valence-corrected chi connectivity index (χ1v) is 6.98. The number of nitrogens with one attached hydrogen (secondary N) is 1. The number of hydrogen-bond donors (Lipinski definition) is 2. The van der Waals surface area contributed by atoms with E-state index in [1.54, 1.807) is 32.2 Å². The largest absolute Gasteiger partial charge is 0.397 e. The van der Waals surface area contributed by atoms with Crippen molar-refractivity contribution in [1.82, 2.24) is 20.2 Å². The molecule has 0 bridgehead atoms. The van der Waals surface area contributed by atoms with Crippen LogP contribution in [0.3, 0.4) is 0 Å². The molecule has 0 aliphatic carbocycles. The van der Waals surface area contributed by atoms with Gasteiger partial charge in [0.2, 0.25) is 11.1 Å². The van der Waals surface area contributed by atoms with Gasteiger partial charge in [-0.05, 0) is 35.5 Å². The minimum Gasteiger partial charge on any atom is -0.397 e. The topological polar surface area (TPSA) is 98.7 Å². The van der Waals surface area contributed by atoms with E-state index in [0.717, 1.165) is 0 Å². The van der Waals surface area contributed by atoms with Gasteiger partial charge in [-0.1, -0.05) is 23.4 Å². The van der Waals surface area contributed by atoms with E-state index in [0.29, 0.717) is 21.6 Å². The predicted octanol–water partition coefficient (Wildman–Crippen LogP) is 1.56. The zero-order chi connectivity index (χ0) is 14.7. The van der Waals surface area contributed by atoms with Crippen LogP contribution in [0, 0.1) is 0 Å². The van der Waals surface area contributed by atoms with Crippen molar-refractivity contribution < 1.29 is 4.79 Å². The van der Waals surface area contributed by atoms with E-state index in [9.17, 15) is 4.79 Å². The van der Waals surface area contributed by atoms with Crippen molar-refractivity contribution in [3.63, 3.8) is 0 Å². The third-order valence-corrected chi connectivity index (χ3v) is 3.86. The minimum absolute atomic E-state index is 0.188. The number of nitrogen functional groups attached to an aromatic ring is 1. The number of aryl methyl sites for hydroxylation is 1. The van der Waals surface area contributed by atoms with Crippen LogP contribution in [0.5, 0.6) is 0 Å². The second kappa shape index (κ2) is 6.10. The van der Waals surface area contributed by atoms with E-state index < -0.39 is 0 Å². The lowest BCUT2D eigenvalue weighted by Crippen LogP contribution is -2.23. The Kier molecular flexibility index (Phi) is 4.46. The van der Waals surface area contributed by atoms with Crippen LogP contribution in [0.25, 0.3) is 0 Å². The van der Waals surface area contributed by atoms with Crippen molar-refractivity contribution in [1.29, 1.82) is 0 Å². The monoisotopic (exact) mass is 312 g/mol. The van der Waals surface area contributed by atoms with Crippen molar-refractivity contribution in [2.75, 3.05) is 11.1 Å². The smallest absolute Gasteiger partial charge is 0.237 e. The van der Waals surface area contributed by atoms with E-state index in [4.69, 9.17) is 17.3 Å². The van der Waals surface area contributed by atoms with Gasteiger partial charge in [-0.15, -0.1) is 5.10 Å². The van der Waals surface area contributed by atoms with Gasteiger partial charge < -0.3 is 11.1 Å². The highest BCUT2D eigenvalue weighted by Crippen LogP contribution is 2.25. The summed E-state index contributed by atoms with van der Waals surface area (Å²) < 4.78 is 1.51. The number of hydrogen-bond acceptors (Lipinski definition) is 6. The Labute approximate surface area is 124 Å². The fraction of sp³-hybridized carbons (Fsp3) is 0.273. The average molecular weight is 313 g/mol. The number of benzene rings is 1. The Morgan fingerprint density at radius 1 is 1.55 bits per heavy atom. The van der Waals surface area contributed by atoms with Gasteiger partial charge in [-0.25, -0.2) is 4.68 Å². The van der Waals surface area contributed by atoms with Gasteiger partial charge in [0.15, 0.2) is 0 Å². The van der Waals surface area contributed by atoms with Crippen LogP contribution >= 0.6 is 23.4 Å². The maximum atomic E-state index is 12.1. The number of carbonyl (C=O) groups excluding carboxylic acids is 1. The van der Waals surface area contributed by atoms with Crippen molar-refractivity contribution in [3.05, 3.63) is 23.2 Å². The molecule has 0 fully saturated rings. The van der Waals surface area contributed by atoms with Gasteiger partial charge in [0, 0.05) is 12.1 Å². The molecule has 1 atom stereocenters. The number of nitrogens with two attached hydrogens (primary N) is 1. The number of thioether (sulfide) groups is 1. The molecule has 1 unspecified atom stereocenters. The number of carbonyl (C=O) groups is 1. The van der Waals surface area contributed by atoms with Crippen LogP contribution in [-0.2, 0) is 11.8 Å². The summed E-state index contributed by atoms with van der Waals surface area (Å²) in [7, 11) is 1.71. The Morgan fingerprint density at radius 3 is 2.90 bits per heavy atom. The van der Waals surface area contributed by atoms with Crippen LogP contribution in [0.2, 0.25) is 5.02 Å². The molecule has 20 heavy (non-hydrogen) atoms. The molecule has 3 N–H and O–H groups in total. The molecule has 0 saturated carbocycles. The first-order chi connectivity index (χ1) is 9.47. The normalized spacial score (nSPS) is 12.2. The van der Waals surface area contributed by atoms with Crippen molar-refractivity contribution in [2.45, 2.75) is 17.3 Å². The molecule has 0 saturated heterocycles. The molecule has 0 radical (unpaired) electrons. The summed E-state index contributed by atoms with van der Waals surface area (Å²) in [6.45, 7) is 1.76. The van der Waals surface area contributed by atoms with Crippen LogP contribution in [0.15, 0.2) is 23.4 Å². The fourth-order valence-corrected chi connectivity index (χ4v) is 2.35. The summed E-state index contributed by atoms with van der Waals surface area (Å²) in [5, 5.41) is 14.5. The van der Waals surface area contributed by atoms with Crippen LogP contribution in [0.4, 0.5) is 11.4 Å². The van der Waals surface area contributed by atoms with Crippen molar-refractivity contribution in [3.8, 4) is 0 Å². The van der Waals surface area contributed by atoms with Crippen LogP contribution in [0.1, 0.15) is 6.92 Å². The number of rotatable bonds is 4. The molecule has 2 rings (SSSR count). The predicted molar refractivity (Wildman–Crippen MR) is 78.6 cm³/mol. The lowest BCUT2D eigenvalue weighted by Gasteiger charge is -2.12. The third-order valence-electron chi connectivity index (χ3n) is 2.50. The van der Waals surface area contributed by atoms with Gasteiger partial charge in [0.25, 0.3) is 0 Å². The summed E-state index contributed by atoms with van der Waals surface area (Å²) in [6.07, 6.45) is 0. The molecule has 106 valence electrons. The molecular weight excluding hydrogens is 300 g/mol. The summed E-state index contributed by atoms with van der Waals surface area (Å²) in [5.74, 6) is -0.188. The van der Waals surface area contributed by atoms with Crippen molar-refractivity contribution >= 4 is 40.6 Å². The Bertz CT molecular complexity index is 631. The molecule has 9 heteroatoms. The summed E-state index contributed by atoms with van der Waals surface area (Å²) in [6, 6.07) is 4.91. The molecule has 1 amide bonds. The molecule has 0 spiro atoms. The molecule has 1 aromatic carbocycles. The lowest BCUT2D eigenvalue weighted by atomic mass is 10.2. The third kappa shape index (κ3) is 3.40. The molecule has 0 aliphatic heterocycles. The minimum atomic E-state index is -0.366. The highest BCUT2D eigenvalue weighted by molar-refractivity contribution is 8.00. The zero-order valence-electron chi connectivity index (χ0n) is 10.9. The first kappa shape index (κ1) is 14.6. The highest BCUT2D eigenvalue weighted by atomic mass is 35.5. The SMILES string of the molecule is CC(Sc1nnnn1C)C(=O)Nc1ccc(Cl)cc1N. The van der Waals surface area contributed by atoms with Crippen LogP contribution < -0.4 is 11.1 Å². The lowest BCUT2D eigenvalue weighted by molar-refractivity contribution is -0.115. The van der Waals surface area contributed by atoms with E-state index >= 15 is 0 Å². The molecular formula is C11H13ClN6OS. The number of halogens is 1.